The summed E-state index contributed by atoms with van der Waals surface area (Å²) in [5.41, 5.74) is 1.72. The van der Waals surface area contributed by atoms with Gasteiger partial charge in [0.05, 0.1) is 25.2 Å². The Hall–Kier alpha value is -1.46. The highest BCUT2D eigenvalue weighted by molar-refractivity contribution is 7.60. The van der Waals surface area contributed by atoms with E-state index >= 15 is 0 Å². The van der Waals surface area contributed by atoms with E-state index in [0.717, 1.165) is 33.4 Å². The van der Waals surface area contributed by atoms with Gasteiger partial charge in [0, 0.05) is 0 Å². The van der Waals surface area contributed by atoms with E-state index in [0.29, 0.717) is 11.1 Å². The Labute approximate surface area is 325 Å². The number of phosphoric acid groups is 2. The lowest BCUT2D eigenvalue weighted by atomic mass is 9.55. The maximum Gasteiger partial charge on any atom is 0.478 e. The molecule has 0 atom stereocenters. The number of aliphatic hydroxyl groups excluding tert-OH is 3. The second-order valence-electron chi connectivity index (χ2n) is 20.9. The second-order valence-corrected chi connectivity index (χ2v) is 23.5. The van der Waals surface area contributed by atoms with Gasteiger partial charge in [0.2, 0.25) is 0 Å². The van der Waals surface area contributed by atoms with Gasteiger partial charge in [-0.3, -0.25) is 0 Å². The van der Waals surface area contributed by atoms with Crippen molar-refractivity contribution < 1.29 is 53.4 Å². The van der Waals surface area contributed by atoms with E-state index in [1.165, 1.54) is 0 Å². The zero-order valence-electron chi connectivity index (χ0n) is 36.1. The Morgan fingerprint density at radius 3 is 0.759 bits per heavy atom. The molecule has 0 bridgehead atoms. The summed E-state index contributed by atoms with van der Waals surface area (Å²) in [6.45, 7) is 37.2. The topological polar surface area (TPSA) is 205 Å². The molecule has 54 heavy (non-hydrogen) atoms. The van der Waals surface area contributed by atoms with Gasteiger partial charge in [-0.1, -0.05) is 149 Å². The first-order chi connectivity index (χ1) is 23.5. The molecule has 13 heteroatoms. The number of aliphatic hydroxyl groups is 4. The van der Waals surface area contributed by atoms with Crippen LogP contribution < -0.4 is 0 Å². The van der Waals surface area contributed by atoms with Crippen LogP contribution in [0.15, 0.2) is 24.3 Å². The van der Waals surface area contributed by atoms with E-state index in [1.54, 1.807) is 0 Å². The Kier molecular flexibility index (Phi) is 15.0. The average Bonchev–Trinajstić information content (AvgIpc) is 2.92. The minimum Gasteiger partial charge on any atom is -0.395 e. The first-order valence-corrected chi connectivity index (χ1v) is 21.4. The highest BCUT2D eigenvalue weighted by Gasteiger charge is 2.58. The van der Waals surface area contributed by atoms with Crippen molar-refractivity contribution in [2.45, 2.75) is 163 Å². The highest BCUT2D eigenvalue weighted by Crippen LogP contribution is 2.57. The van der Waals surface area contributed by atoms with Crippen LogP contribution in [0.2, 0.25) is 0 Å². The zero-order chi connectivity index (χ0) is 43.3. The van der Waals surface area contributed by atoms with Crippen LogP contribution >= 0.6 is 15.6 Å². The Morgan fingerprint density at radius 2 is 0.648 bits per heavy atom. The SMILES string of the molecule is CC(C)(C)c1cc(C(C)(C)C)c(C(O)(c2c(C(C)(C)C)cc(C(C)(C)C)cc2C(C)(C)C)C(CO)(CO)CO)c(C(C)(C)C)c1.O=P(O)(O)OP(=O)(O)O. The van der Waals surface area contributed by atoms with Crippen LogP contribution in [0.4, 0.5) is 0 Å². The van der Waals surface area contributed by atoms with Gasteiger partial charge >= 0.3 is 15.6 Å². The third-order valence-corrected chi connectivity index (χ3v) is 11.6. The molecule has 11 nitrogen and oxygen atoms in total. The molecule has 0 heterocycles. The molecule has 0 aromatic heterocycles. The Balaban J connectivity index is 0.00000143. The molecule has 0 saturated heterocycles. The first-order valence-electron chi connectivity index (χ1n) is 18.3. The van der Waals surface area contributed by atoms with Gasteiger partial charge in [-0.2, -0.15) is 4.31 Å². The maximum atomic E-state index is 14.1. The average molecular weight is 803 g/mol. The molecule has 0 aliphatic rings. The summed E-state index contributed by atoms with van der Waals surface area (Å²) in [4.78, 5) is 31.0. The summed E-state index contributed by atoms with van der Waals surface area (Å²) >= 11 is 0. The molecule has 312 valence electrons. The molecule has 0 unspecified atom stereocenters. The molecule has 0 fully saturated rings. The predicted octanol–water partition coefficient (Wildman–Crippen LogP) is 7.86. The predicted molar refractivity (Wildman–Crippen MR) is 217 cm³/mol. The van der Waals surface area contributed by atoms with Gasteiger partial charge in [-0.15, -0.1) is 0 Å². The smallest absolute Gasteiger partial charge is 0.395 e. The lowest BCUT2D eigenvalue weighted by Crippen LogP contribution is -2.57. The molecule has 0 amide bonds. The number of hydrogen-bond acceptors (Lipinski definition) is 7. The fourth-order valence-corrected chi connectivity index (χ4v) is 7.69. The van der Waals surface area contributed by atoms with Crippen LogP contribution in [0, 0.1) is 5.41 Å². The van der Waals surface area contributed by atoms with Crippen LogP contribution in [0.3, 0.4) is 0 Å². The number of rotatable bonds is 8. The largest absolute Gasteiger partial charge is 0.478 e. The summed E-state index contributed by atoms with van der Waals surface area (Å²) < 4.78 is 22.2. The summed E-state index contributed by atoms with van der Waals surface area (Å²) in [6, 6.07) is 8.85. The molecule has 0 radical (unpaired) electrons. The Bertz CT molecular complexity index is 1510. The maximum absolute atomic E-state index is 14.1. The van der Waals surface area contributed by atoms with E-state index in [-0.39, 0.29) is 10.8 Å². The van der Waals surface area contributed by atoms with E-state index in [2.05, 4.69) is 153 Å². The molecule has 2 aromatic carbocycles. The van der Waals surface area contributed by atoms with Crippen LogP contribution in [0.1, 0.15) is 169 Å². The quantitative estimate of drug-likeness (QED) is 0.121. The van der Waals surface area contributed by atoms with Gasteiger partial charge < -0.3 is 40.0 Å². The van der Waals surface area contributed by atoms with Crippen molar-refractivity contribution in [3.05, 3.63) is 68.8 Å². The fraction of sp³-hybridized carbons (Fsp3) is 0.707. The summed E-state index contributed by atoms with van der Waals surface area (Å²) in [6.07, 6.45) is 0. The minimum absolute atomic E-state index is 0.167. The van der Waals surface area contributed by atoms with Crippen molar-refractivity contribution >= 4 is 15.6 Å². The van der Waals surface area contributed by atoms with Gasteiger partial charge in [-0.25, -0.2) is 9.13 Å². The van der Waals surface area contributed by atoms with E-state index in [9.17, 15) is 29.6 Å². The van der Waals surface area contributed by atoms with E-state index < -0.39 is 68.1 Å². The van der Waals surface area contributed by atoms with Crippen LogP contribution in [0.5, 0.6) is 0 Å². The number of benzene rings is 2. The molecule has 8 N–H and O–H groups in total. The van der Waals surface area contributed by atoms with E-state index in [4.69, 9.17) is 19.6 Å². The van der Waals surface area contributed by atoms with Crippen LogP contribution in [0.25, 0.3) is 0 Å². The summed E-state index contributed by atoms with van der Waals surface area (Å²) in [5.74, 6) is 0. The minimum atomic E-state index is -5.05. The van der Waals surface area contributed by atoms with Crippen molar-refractivity contribution in [1.29, 1.82) is 0 Å². The zero-order valence-corrected chi connectivity index (χ0v) is 37.9. The van der Waals surface area contributed by atoms with Crippen molar-refractivity contribution in [3.8, 4) is 0 Å². The molecule has 0 aliphatic carbocycles. The molecule has 2 aromatic rings. The van der Waals surface area contributed by atoms with E-state index in [1.807, 2.05) is 0 Å². The summed E-state index contributed by atoms with van der Waals surface area (Å²) in [5, 5.41) is 48.0. The highest BCUT2D eigenvalue weighted by atomic mass is 31.3. The van der Waals surface area contributed by atoms with Crippen LogP contribution in [-0.2, 0) is 51.5 Å². The van der Waals surface area contributed by atoms with Crippen molar-refractivity contribution in [1.82, 2.24) is 0 Å². The molecular weight excluding hydrogens is 730 g/mol. The first kappa shape index (κ1) is 50.6. The van der Waals surface area contributed by atoms with Gasteiger partial charge in [-0.05, 0) is 77.0 Å². The summed E-state index contributed by atoms with van der Waals surface area (Å²) in [7, 11) is -10.1. The van der Waals surface area contributed by atoms with Crippen molar-refractivity contribution in [2.75, 3.05) is 19.8 Å². The monoisotopic (exact) mass is 802 g/mol. The standard InChI is InChI=1S/C41H68O4.H4O7P2/c1-34(2,3)26-19-28(36(7,8)9)32(29(20-26)37(10,11)12)41(45,40(23-42,24-43)25-44)33-30(38(13,14)15)21-27(35(4,5)6)22-31(33)39(16,17)18;1-8(2,3)7-9(4,5)6/h19-22,42-45H,23-25H2,1-18H3;(H2,1,2,3)(H2,4,5,6). The molecule has 2 rings (SSSR count). The third kappa shape index (κ3) is 11.8. The molecule has 0 aliphatic heterocycles. The molecular formula is C41H72O11P2. The normalized spacial score (nSPS) is 14.6. The third-order valence-electron chi connectivity index (χ3n) is 9.85. The lowest BCUT2D eigenvalue weighted by Gasteiger charge is -2.52. The van der Waals surface area contributed by atoms with Gasteiger partial charge in [0.25, 0.3) is 0 Å². The van der Waals surface area contributed by atoms with Crippen LogP contribution in [-0.4, -0.2) is 59.8 Å². The van der Waals surface area contributed by atoms with Gasteiger partial charge in [0.1, 0.15) is 5.60 Å². The second kappa shape index (κ2) is 16.1. The van der Waals surface area contributed by atoms with Crippen molar-refractivity contribution in [2.24, 2.45) is 5.41 Å². The van der Waals surface area contributed by atoms with Gasteiger partial charge in [0.15, 0.2) is 0 Å². The fourth-order valence-electron chi connectivity index (χ4n) is 6.58. The molecule has 0 spiro atoms. The lowest BCUT2D eigenvalue weighted by molar-refractivity contribution is -0.138. The Morgan fingerprint density at radius 1 is 0.444 bits per heavy atom. The van der Waals surface area contributed by atoms with Crippen molar-refractivity contribution in [3.63, 3.8) is 0 Å². The number of hydrogen-bond donors (Lipinski definition) is 8. The molecule has 0 saturated carbocycles.